The van der Waals surface area contributed by atoms with E-state index in [4.69, 9.17) is 4.98 Å². The Morgan fingerprint density at radius 3 is 2.55 bits per heavy atom. The van der Waals surface area contributed by atoms with Crippen molar-refractivity contribution in [1.29, 1.82) is 0 Å². The molecule has 0 spiro atoms. The van der Waals surface area contributed by atoms with Crippen LogP contribution in [0.15, 0.2) is 30.3 Å². The van der Waals surface area contributed by atoms with Crippen molar-refractivity contribution < 1.29 is 0 Å². The molecule has 0 atom stereocenters. The van der Waals surface area contributed by atoms with Gasteiger partial charge in [-0.2, -0.15) is 0 Å². The molecule has 0 bridgehead atoms. The second-order valence-electron chi connectivity index (χ2n) is 9.01. The lowest BCUT2D eigenvalue weighted by atomic mass is 10.0. The third kappa shape index (κ3) is 5.47. The fourth-order valence-corrected chi connectivity index (χ4v) is 4.62. The molecule has 3 heterocycles. The molecule has 2 saturated heterocycles. The minimum absolute atomic E-state index is 0.617. The lowest BCUT2D eigenvalue weighted by Crippen LogP contribution is -2.44. The molecule has 2 aromatic rings. The molecule has 0 saturated carbocycles. The van der Waals surface area contributed by atoms with Crippen LogP contribution in [0.1, 0.15) is 37.7 Å². The average Bonchev–Trinajstić information content (AvgIpc) is 2.77. The van der Waals surface area contributed by atoms with Gasteiger partial charge >= 0.3 is 0 Å². The first-order valence-corrected chi connectivity index (χ1v) is 11.4. The number of para-hydroxylation sites is 1. The van der Waals surface area contributed by atoms with Crippen LogP contribution in [0.5, 0.6) is 0 Å². The van der Waals surface area contributed by atoms with Gasteiger partial charge in [0.1, 0.15) is 5.82 Å². The summed E-state index contributed by atoms with van der Waals surface area (Å²) < 4.78 is 0. The number of nitrogens with zero attached hydrogens (tertiary/aromatic N) is 4. The van der Waals surface area contributed by atoms with Crippen LogP contribution in [0.4, 0.5) is 5.82 Å². The lowest BCUT2D eigenvalue weighted by molar-refractivity contribution is 0.182. The van der Waals surface area contributed by atoms with E-state index >= 15 is 0 Å². The maximum atomic E-state index is 5.09. The van der Waals surface area contributed by atoms with Crippen molar-refractivity contribution in [3.05, 3.63) is 35.9 Å². The number of anilines is 1. The van der Waals surface area contributed by atoms with Gasteiger partial charge in [0.05, 0.1) is 5.52 Å². The minimum atomic E-state index is 0.617. The van der Waals surface area contributed by atoms with Gasteiger partial charge < -0.3 is 20.0 Å². The Morgan fingerprint density at radius 2 is 1.79 bits per heavy atom. The van der Waals surface area contributed by atoms with E-state index in [2.05, 4.69) is 64.4 Å². The second-order valence-corrected chi connectivity index (χ2v) is 9.01. The van der Waals surface area contributed by atoms with Crippen LogP contribution in [0.25, 0.3) is 10.9 Å². The summed E-state index contributed by atoms with van der Waals surface area (Å²) in [6, 6.07) is 11.5. The summed E-state index contributed by atoms with van der Waals surface area (Å²) >= 11 is 0. The zero-order chi connectivity index (χ0) is 20.1. The summed E-state index contributed by atoms with van der Waals surface area (Å²) in [6.45, 7) is 7.96. The van der Waals surface area contributed by atoms with Gasteiger partial charge in [0, 0.05) is 49.7 Å². The van der Waals surface area contributed by atoms with Gasteiger partial charge in [-0.15, -0.1) is 0 Å². The Labute approximate surface area is 176 Å². The Kier molecular flexibility index (Phi) is 7.01. The van der Waals surface area contributed by atoms with Crippen LogP contribution in [0.2, 0.25) is 0 Å². The van der Waals surface area contributed by atoms with Crippen LogP contribution in [-0.2, 0) is 6.54 Å². The highest BCUT2D eigenvalue weighted by molar-refractivity contribution is 5.81. The van der Waals surface area contributed by atoms with Crippen molar-refractivity contribution in [2.75, 3.05) is 58.3 Å². The molecular formula is C24H37N5. The molecule has 0 unspecified atom stereocenters. The van der Waals surface area contributed by atoms with E-state index in [-0.39, 0.29) is 0 Å². The molecule has 5 heteroatoms. The van der Waals surface area contributed by atoms with E-state index in [0.29, 0.717) is 6.04 Å². The van der Waals surface area contributed by atoms with E-state index in [0.717, 1.165) is 31.7 Å². The minimum Gasteiger partial charge on any atom is -0.356 e. The highest BCUT2D eigenvalue weighted by atomic mass is 15.2. The van der Waals surface area contributed by atoms with Crippen LogP contribution in [0.3, 0.4) is 0 Å². The van der Waals surface area contributed by atoms with Crippen molar-refractivity contribution in [2.45, 2.75) is 44.7 Å². The number of hydrogen-bond donors (Lipinski definition) is 1. The Bertz CT molecular complexity index is 776. The number of fused-ring (bicyclic) bond motifs is 1. The van der Waals surface area contributed by atoms with Crippen LogP contribution in [-0.4, -0.2) is 74.2 Å². The summed E-state index contributed by atoms with van der Waals surface area (Å²) in [5.41, 5.74) is 2.48. The standard InChI is InChI=1S/C24H37N5/c1-27(2)16-17-28-14-10-22(11-15-28)25-19-21-18-20-8-4-5-9-23(20)26-24(21)29-12-6-3-7-13-29/h4-5,8-9,18,22,25H,3,6-7,10-17,19H2,1-2H3. The van der Waals surface area contributed by atoms with Gasteiger partial charge in [0.15, 0.2) is 0 Å². The number of likely N-dealkylation sites (N-methyl/N-ethyl adjacent to an activating group) is 1. The Morgan fingerprint density at radius 1 is 1.03 bits per heavy atom. The summed E-state index contributed by atoms with van der Waals surface area (Å²) in [5, 5.41) is 5.12. The molecule has 2 fully saturated rings. The SMILES string of the molecule is CN(C)CCN1CCC(NCc2cc3ccccc3nc2N2CCCCC2)CC1. The molecule has 2 aliphatic heterocycles. The number of benzene rings is 1. The molecule has 2 aliphatic rings. The van der Waals surface area contributed by atoms with E-state index in [1.165, 1.54) is 68.5 Å². The Hall–Kier alpha value is -1.69. The maximum absolute atomic E-state index is 5.09. The number of pyridine rings is 1. The fraction of sp³-hybridized carbons (Fsp3) is 0.625. The third-order valence-electron chi connectivity index (χ3n) is 6.47. The number of aromatic nitrogens is 1. The third-order valence-corrected chi connectivity index (χ3v) is 6.47. The number of rotatable bonds is 7. The normalized spacial score (nSPS) is 19.3. The smallest absolute Gasteiger partial charge is 0.133 e. The fourth-order valence-electron chi connectivity index (χ4n) is 4.62. The van der Waals surface area contributed by atoms with Crippen molar-refractivity contribution in [3.63, 3.8) is 0 Å². The highest BCUT2D eigenvalue weighted by Gasteiger charge is 2.21. The molecule has 5 nitrogen and oxygen atoms in total. The second kappa shape index (κ2) is 9.88. The zero-order valence-electron chi connectivity index (χ0n) is 18.2. The first kappa shape index (κ1) is 20.6. The quantitative estimate of drug-likeness (QED) is 0.778. The molecule has 0 radical (unpaired) electrons. The molecule has 1 aromatic carbocycles. The van der Waals surface area contributed by atoms with Crippen LogP contribution < -0.4 is 10.2 Å². The predicted octanol–water partition coefficient (Wildman–Crippen LogP) is 3.34. The van der Waals surface area contributed by atoms with Gasteiger partial charge in [0.2, 0.25) is 0 Å². The van der Waals surface area contributed by atoms with E-state index in [1.54, 1.807) is 0 Å². The monoisotopic (exact) mass is 395 g/mol. The summed E-state index contributed by atoms with van der Waals surface area (Å²) in [4.78, 5) is 12.5. The maximum Gasteiger partial charge on any atom is 0.133 e. The van der Waals surface area contributed by atoms with Gasteiger partial charge in [-0.05, 0) is 71.4 Å². The van der Waals surface area contributed by atoms with E-state index in [1.807, 2.05) is 0 Å². The highest BCUT2D eigenvalue weighted by Crippen LogP contribution is 2.26. The number of likely N-dealkylation sites (tertiary alicyclic amines) is 1. The number of hydrogen-bond acceptors (Lipinski definition) is 5. The molecule has 1 aromatic heterocycles. The molecule has 158 valence electrons. The van der Waals surface area contributed by atoms with Gasteiger partial charge in [-0.25, -0.2) is 4.98 Å². The topological polar surface area (TPSA) is 34.6 Å². The summed E-state index contributed by atoms with van der Waals surface area (Å²) in [7, 11) is 4.32. The molecule has 0 aliphatic carbocycles. The molecule has 1 N–H and O–H groups in total. The first-order chi connectivity index (χ1) is 14.2. The largest absolute Gasteiger partial charge is 0.356 e. The van der Waals surface area contributed by atoms with Gasteiger partial charge in [-0.3, -0.25) is 0 Å². The lowest BCUT2D eigenvalue weighted by Gasteiger charge is -2.34. The molecular weight excluding hydrogens is 358 g/mol. The van der Waals surface area contributed by atoms with Gasteiger partial charge in [0.25, 0.3) is 0 Å². The van der Waals surface area contributed by atoms with Crippen LogP contribution in [0, 0.1) is 0 Å². The van der Waals surface area contributed by atoms with E-state index in [9.17, 15) is 0 Å². The number of nitrogens with one attached hydrogen (secondary N) is 1. The average molecular weight is 396 g/mol. The van der Waals surface area contributed by atoms with E-state index < -0.39 is 0 Å². The molecule has 29 heavy (non-hydrogen) atoms. The van der Waals surface area contributed by atoms with Crippen LogP contribution >= 0.6 is 0 Å². The first-order valence-electron chi connectivity index (χ1n) is 11.4. The summed E-state index contributed by atoms with van der Waals surface area (Å²) in [6.07, 6.45) is 6.41. The van der Waals surface area contributed by atoms with Crippen molar-refractivity contribution >= 4 is 16.7 Å². The number of piperidine rings is 2. The van der Waals surface area contributed by atoms with Crippen molar-refractivity contribution in [3.8, 4) is 0 Å². The van der Waals surface area contributed by atoms with Crippen molar-refractivity contribution in [2.24, 2.45) is 0 Å². The predicted molar refractivity (Wildman–Crippen MR) is 123 cm³/mol. The van der Waals surface area contributed by atoms with Gasteiger partial charge in [-0.1, -0.05) is 18.2 Å². The molecule has 0 amide bonds. The Balaban J connectivity index is 1.40. The molecule has 4 rings (SSSR count). The summed E-state index contributed by atoms with van der Waals surface area (Å²) in [5.74, 6) is 1.21. The van der Waals surface area contributed by atoms with Crippen molar-refractivity contribution in [1.82, 2.24) is 20.1 Å². The zero-order valence-corrected chi connectivity index (χ0v) is 18.2.